The predicted octanol–water partition coefficient (Wildman–Crippen LogP) is 1.90. The Morgan fingerprint density at radius 2 is 2.31 bits per heavy atom. The van der Waals surface area contributed by atoms with Crippen molar-refractivity contribution in [2.24, 2.45) is 5.92 Å². The van der Waals surface area contributed by atoms with Gasteiger partial charge in [-0.25, -0.2) is 0 Å². The molecule has 0 spiro atoms. The molecule has 0 unspecified atom stereocenters. The third-order valence-corrected chi connectivity index (χ3v) is 2.89. The van der Waals surface area contributed by atoms with Gasteiger partial charge < -0.3 is 5.32 Å². The number of hydrogen-bond donors (Lipinski definition) is 1. The van der Waals surface area contributed by atoms with Crippen LogP contribution in [0.3, 0.4) is 0 Å². The Morgan fingerprint density at radius 1 is 1.54 bits per heavy atom. The summed E-state index contributed by atoms with van der Waals surface area (Å²) in [5, 5.41) is 7.80. The fourth-order valence-corrected chi connectivity index (χ4v) is 2.24. The maximum Gasteiger partial charge on any atom is 0.132 e. The molecule has 0 saturated carbocycles. The summed E-state index contributed by atoms with van der Waals surface area (Å²) in [6.07, 6.45) is 0. The molecule has 72 valence electrons. The average molecular weight is 244 g/mol. The van der Waals surface area contributed by atoms with Crippen molar-refractivity contribution in [1.82, 2.24) is 15.1 Å². The molecule has 4 heteroatoms. The van der Waals surface area contributed by atoms with E-state index in [1.807, 2.05) is 0 Å². The number of aromatic nitrogens is 2. The Kier molecular flexibility index (Phi) is 2.43. The zero-order valence-corrected chi connectivity index (χ0v) is 9.56. The summed E-state index contributed by atoms with van der Waals surface area (Å²) in [5.74, 6) is 0.650. The lowest BCUT2D eigenvalue weighted by molar-refractivity contribution is 0.465. The van der Waals surface area contributed by atoms with Gasteiger partial charge >= 0.3 is 0 Å². The molecule has 0 fully saturated rings. The molecule has 0 bridgehead atoms. The van der Waals surface area contributed by atoms with Crippen molar-refractivity contribution in [3.05, 3.63) is 15.9 Å². The van der Waals surface area contributed by atoms with E-state index in [-0.39, 0.29) is 0 Å². The average Bonchev–Trinajstić information content (AvgIpc) is 2.56. The van der Waals surface area contributed by atoms with Gasteiger partial charge in [-0.15, -0.1) is 0 Å². The molecule has 2 rings (SSSR count). The van der Waals surface area contributed by atoms with Gasteiger partial charge in [0.2, 0.25) is 0 Å². The fraction of sp³-hybridized carbons (Fsp3) is 0.667. The number of nitrogens with zero attached hydrogens (tertiary/aromatic N) is 2. The second-order valence-electron chi connectivity index (χ2n) is 3.90. The van der Waals surface area contributed by atoms with Crippen molar-refractivity contribution in [3.8, 4) is 0 Å². The van der Waals surface area contributed by atoms with Crippen molar-refractivity contribution in [1.29, 1.82) is 0 Å². The molecular weight excluding hydrogens is 230 g/mol. The van der Waals surface area contributed by atoms with E-state index in [1.54, 1.807) is 0 Å². The van der Waals surface area contributed by atoms with Gasteiger partial charge in [-0.05, 0) is 21.8 Å². The summed E-state index contributed by atoms with van der Waals surface area (Å²) in [6, 6.07) is 0. The van der Waals surface area contributed by atoms with E-state index in [9.17, 15) is 0 Å². The fourth-order valence-electron chi connectivity index (χ4n) is 1.68. The Bertz CT molecular complexity index is 317. The number of rotatable bonds is 2. The summed E-state index contributed by atoms with van der Waals surface area (Å²) in [6.45, 7) is 7.35. The van der Waals surface area contributed by atoms with E-state index in [4.69, 9.17) is 0 Å². The lowest BCUT2D eigenvalue weighted by atomic mass is 10.2. The minimum atomic E-state index is 0.650. The Labute approximate surface area is 86.6 Å². The summed E-state index contributed by atoms with van der Waals surface area (Å²) in [7, 11) is 0. The molecule has 1 aromatic heterocycles. The van der Waals surface area contributed by atoms with Crippen LogP contribution in [0.4, 0.5) is 0 Å². The van der Waals surface area contributed by atoms with Crippen LogP contribution < -0.4 is 5.32 Å². The summed E-state index contributed by atoms with van der Waals surface area (Å²) < 4.78 is 3.12. The molecule has 0 saturated heterocycles. The Morgan fingerprint density at radius 3 is 3.00 bits per heavy atom. The molecule has 0 radical (unpaired) electrons. The van der Waals surface area contributed by atoms with Crippen LogP contribution in [0, 0.1) is 5.92 Å². The molecular formula is C9H14BrN3. The topological polar surface area (TPSA) is 29.9 Å². The molecule has 0 amide bonds. The lowest BCUT2D eigenvalue weighted by Crippen LogP contribution is -2.12. The van der Waals surface area contributed by atoms with Crippen molar-refractivity contribution in [2.75, 3.05) is 0 Å². The summed E-state index contributed by atoms with van der Waals surface area (Å²) in [5.41, 5.74) is 2.68. The highest BCUT2D eigenvalue weighted by atomic mass is 79.9. The van der Waals surface area contributed by atoms with Gasteiger partial charge in [0.25, 0.3) is 0 Å². The first-order valence-electron chi connectivity index (χ1n) is 4.63. The smallest absolute Gasteiger partial charge is 0.132 e. The normalized spacial score (nSPS) is 15.4. The van der Waals surface area contributed by atoms with Gasteiger partial charge in [0, 0.05) is 25.2 Å². The first kappa shape index (κ1) is 9.21. The monoisotopic (exact) mass is 243 g/mol. The van der Waals surface area contributed by atoms with Crippen molar-refractivity contribution < 1.29 is 0 Å². The molecule has 13 heavy (non-hydrogen) atoms. The van der Waals surface area contributed by atoms with Gasteiger partial charge in [0.05, 0.1) is 5.69 Å². The third-order valence-electron chi connectivity index (χ3n) is 2.25. The van der Waals surface area contributed by atoms with Crippen LogP contribution in [0.15, 0.2) is 4.60 Å². The first-order chi connectivity index (χ1) is 6.18. The van der Waals surface area contributed by atoms with E-state index in [0.717, 1.165) is 24.2 Å². The molecule has 2 heterocycles. The quantitative estimate of drug-likeness (QED) is 0.861. The predicted molar refractivity (Wildman–Crippen MR) is 55.3 cm³/mol. The summed E-state index contributed by atoms with van der Waals surface area (Å²) >= 11 is 3.49. The highest BCUT2D eigenvalue weighted by Crippen LogP contribution is 2.24. The number of nitrogens with one attached hydrogen (secondary N) is 1. The largest absolute Gasteiger partial charge is 0.307 e. The highest BCUT2D eigenvalue weighted by Gasteiger charge is 2.20. The van der Waals surface area contributed by atoms with E-state index in [1.165, 1.54) is 11.3 Å². The number of halogens is 1. The van der Waals surface area contributed by atoms with Gasteiger partial charge in [-0.1, -0.05) is 13.8 Å². The minimum Gasteiger partial charge on any atom is -0.307 e. The van der Waals surface area contributed by atoms with Crippen molar-refractivity contribution >= 4 is 15.9 Å². The molecule has 0 aromatic carbocycles. The van der Waals surface area contributed by atoms with Crippen LogP contribution in [-0.4, -0.2) is 9.78 Å². The molecule has 1 aliphatic rings. The van der Waals surface area contributed by atoms with Crippen LogP contribution in [-0.2, 0) is 19.6 Å². The number of fused-ring (bicyclic) bond motifs is 1. The van der Waals surface area contributed by atoms with Crippen LogP contribution in [0.1, 0.15) is 25.1 Å². The maximum atomic E-state index is 4.47. The minimum absolute atomic E-state index is 0.650. The zero-order chi connectivity index (χ0) is 9.42. The van der Waals surface area contributed by atoms with E-state index < -0.39 is 0 Å². The molecule has 1 N–H and O–H groups in total. The van der Waals surface area contributed by atoms with E-state index in [2.05, 4.69) is 44.9 Å². The summed E-state index contributed by atoms with van der Waals surface area (Å²) in [4.78, 5) is 0. The van der Waals surface area contributed by atoms with E-state index >= 15 is 0 Å². The van der Waals surface area contributed by atoms with Crippen molar-refractivity contribution in [3.63, 3.8) is 0 Å². The molecule has 0 aliphatic carbocycles. The molecule has 1 aromatic rings. The van der Waals surface area contributed by atoms with Gasteiger partial charge in [0.1, 0.15) is 4.60 Å². The van der Waals surface area contributed by atoms with Gasteiger partial charge in [-0.2, -0.15) is 5.10 Å². The maximum absolute atomic E-state index is 4.47. The van der Waals surface area contributed by atoms with Crippen LogP contribution in [0.25, 0.3) is 0 Å². The first-order valence-corrected chi connectivity index (χ1v) is 5.42. The van der Waals surface area contributed by atoms with Gasteiger partial charge in [0.15, 0.2) is 0 Å². The third kappa shape index (κ3) is 1.65. The van der Waals surface area contributed by atoms with Crippen LogP contribution in [0.2, 0.25) is 0 Å². The zero-order valence-electron chi connectivity index (χ0n) is 7.97. The standard InChI is InChI=1S/C9H14BrN3/c1-6(2)5-13-8-4-11-3-7(8)9(10)12-13/h6,11H,3-5H2,1-2H3. The molecule has 1 aliphatic heterocycles. The van der Waals surface area contributed by atoms with Gasteiger partial charge in [-0.3, -0.25) is 4.68 Å². The SMILES string of the molecule is CC(C)Cn1nc(Br)c2c1CNC2. The molecule has 3 nitrogen and oxygen atoms in total. The second-order valence-corrected chi connectivity index (χ2v) is 4.65. The van der Waals surface area contributed by atoms with Crippen LogP contribution in [0.5, 0.6) is 0 Å². The Hall–Kier alpha value is -0.350. The van der Waals surface area contributed by atoms with E-state index in [0.29, 0.717) is 5.92 Å². The number of hydrogen-bond acceptors (Lipinski definition) is 2. The highest BCUT2D eigenvalue weighted by molar-refractivity contribution is 9.10. The second kappa shape index (κ2) is 3.42. The Balaban J connectivity index is 2.31. The lowest BCUT2D eigenvalue weighted by Gasteiger charge is -2.07. The van der Waals surface area contributed by atoms with Crippen LogP contribution >= 0.6 is 15.9 Å². The molecule has 0 atom stereocenters. The van der Waals surface area contributed by atoms with Crippen molar-refractivity contribution in [2.45, 2.75) is 33.5 Å².